The average molecular weight is 383 g/mol. The van der Waals surface area contributed by atoms with Crippen molar-refractivity contribution in [2.24, 2.45) is 5.92 Å². The number of H-pyrrole nitrogens is 1. The first-order chi connectivity index (χ1) is 13.7. The number of aryl methyl sites for hydroxylation is 1. The lowest BCUT2D eigenvalue weighted by molar-refractivity contribution is 0.307. The summed E-state index contributed by atoms with van der Waals surface area (Å²) in [6, 6.07) is 6.96. The van der Waals surface area contributed by atoms with Crippen LogP contribution in [-0.2, 0) is 6.42 Å². The molecule has 0 saturated heterocycles. The molecule has 0 spiro atoms. The molecule has 0 amide bonds. The molecule has 4 heteroatoms. The van der Waals surface area contributed by atoms with Gasteiger partial charge in [-0.1, -0.05) is 38.2 Å². The summed E-state index contributed by atoms with van der Waals surface area (Å²) in [6.45, 7) is 3.69. The minimum atomic E-state index is 0.0198. The summed E-state index contributed by atoms with van der Waals surface area (Å²) < 4.78 is 6.22. The highest BCUT2D eigenvalue weighted by atomic mass is 16.5. The molecule has 152 valence electrons. The smallest absolute Gasteiger partial charge is 0.255 e. The second-order valence-corrected chi connectivity index (χ2v) is 8.78. The fraction of sp³-hybridized carbons (Fsp3) is 0.625. The average Bonchev–Trinajstić information content (AvgIpc) is 3.57. The lowest BCUT2D eigenvalue weighted by Gasteiger charge is -2.15. The highest BCUT2D eigenvalue weighted by Gasteiger charge is 2.21. The van der Waals surface area contributed by atoms with E-state index in [4.69, 9.17) is 4.74 Å². The van der Waals surface area contributed by atoms with Crippen molar-refractivity contribution in [3.05, 3.63) is 39.7 Å². The van der Waals surface area contributed by atoms with Crippen LogP contribution in [0.1, 0.15) is 68.9 Å². The van der Waals surface area contributed by atoms with E-state index in [1.54, 1.807) is 0 Å². The van der Waals surface area contributed by atoms with Gasteiger partial charge in [0.15, 0.2) is 0 Å². The van der Waals surface area contributed by atoms with E-state index in [2.05, 4.69) is 29.4 Å². The molecule has 0 unspecified atom stereocenters. The molecule has 2 fully saturated rings. The third-order valence-electron chi connectivity index (χ3n) is 6.03. The number of rotatable bonds is 12. The molecule has 0 radical (unpaired) electrons. The van der Waals surface area contributed by atoms with E-state index >= 15 is 0 Å². The molecule has 0 atom stereocenters. The second-order valence-electron chi connectivity index (χ2n) is 8.78. The fourth-order valence-electron chi connectivity index (χ4n) is 3.97. The van der Waals surface area contributed by atoms with Crippen LogP contribution in [0.5, 0.6) is 5.75 Å². The van der Waals surface area contributed by atoms with Gasteiger partial charge in [0.1, 0.15) is 5.75 Å². The van der Waals surface area contributed by atoms with E-state index in [-0.39, 0.29) is 5.56 Å². The third kappa shape index (κ3) is 5.38. The number of nitrogens with one attached hydrogen (secondary N) is 2. The number of unbranched alkanes of at least 4 members (excludes halogenated alkanes) is 2. The molecular formula is C24H34N2O2. The van der Waals surface area contributed by atoms with Crippen LogP contribution in [0.4, 0.5) is 0 Å². The zero-order valence-corrected chi connectivity index (χ0v) is 17.2. The van der Waals surface area contributed by atoms with Gasteiger partial charge in [-0.25, -0.2) is 0 Å². The Morgan fingerprint density at radius 3 is 2.75 bits per heavy atom. The topological polar surface area (TPSA) is 54.1 Å². The van der Waals surface area contributed by atoms with Gasteiger partial charge in [0.2, 0.25) is 0 Å². The van der Waals surface area contributed by atoms with E-state index < -0.39 is 0 Å². The molecule has 1 aromatic carbocycles. The van der Waals surface area contributed by atoms with Gasteiger partial charge in [-0.3, -0.25) is 4.79 Å². The molecule has 1 heterocycles. The number of fused-ring (bicyclic) bond motifs is 1. The van der Waals surface area contributed by atoms with Crippen molar-refractivity contribution in [3.8, 4) is 5.75 Å². The van der Waals surface area contributed by atoms with Crippen LogP contribution in [0.2, 0.25) is 0 Å². The van der Waals surface area contributed by atoms with Crippen molar-refractivity contribution >= 4 is 10.9 Å². The predicted molar refractivity (Wildman–Crippen MR) is 115 cm³/mol. The molecule has 2 N–H and O–H groups in total. The van der Waals surface area contributed by atoms with Crippen molar-refractivity contribution in [3.63, 3.8) is 0 Å². The van der Waals surface area contributed by atoms with E-state index in [1.165, 1.54) is 44.9 Å². The molecular weight excluding hydrogens is 348 g/mol. The number of hydrogen-bond donors (Lipinski definition) is 2. The minimum Gasteiger partial charge on any atom is -0.492 e. The third-order valence-corrected chi connectivity index (χ3v) is 6.03. The van der Waals surface area contributed by atoms with Gasteiger partial charge in [0.25, 0.3) is 5.56 Å². The van der Waals surface area contributed by atoms with Crippen molar-refractivity contribution in [1.82, 2.24) is 10.3 Å². The molecule has 2 aliphatic carbocycles. The van der Waals surface area contributed by atoms with Crippen LogP contribution in [0.25, 0.3) is 10.9 Å². The Labute approximate surface area is 168 Å². The van der Waals surface area contributed by atoms with E-state index in [9.17, 15) is 4.79 Å². The first-order valence-corrected chi connectivity index (χ1v) is 11.2. The standard InChI is InChI=1S/C24H34N2O2/c1-17-8-13-20-22(16-17)26-24(27)21(7-4-2-3-6-18-9-10-18)23(20)28-15-5-14-25-19-11-12-19/h8,13,16,18-19,25H,2-7,9-12,14-15H2,1H3,(H,26,27). The van der Waals surface area contributed by atoms with Crippen LogP contribution in [0, 0.1) is 12.8 Å². The second kappa shape index (κ2) is 9.13. The quantitative estimate of drug-likeness (QED) is 0.515. The first-order valence-electron chi connectivity index (χ1n) is 11.2. The van der Waals surface area contributed by atoms with Gasteiger partial charge in [0.05, 0.1) is 17.7 Å². The molecule has 0 bridgehead atoms. The van der Waals surface area contributed by atoms with Crippen molar-refractivity contribution in [2.75, 3.05) is 13.2 Å². The lowest BCUT2D eigenvalue weighted by Crippen LogP contribution is -2.20. The lowest BCUT2D eigenvalue weighted by atomic mass is 10.0. The molecule has 4 rings (SSSR count). The Morgan fingerprint density at radius 1 is 1.11 bits per heavy atom. The van der Waals surface area contributed by atoms with Gasteiger partial charge < -0.3 is 15.0 Å². The Kier molecular flexibility index (Phi) is 6.36. The number of benzene rings is 1. The molecule has 0 aliphatic heterocycles. The van der Waals surface area contributed by atoms with Gasteiger partial charge in [0, 0.05) is 11.4 Å². The maximum Gasteiger partial charge on any atom is 0.255 e. The van der Waals surface area contributed by atoms with Crippen molar-refractivity contribution in [2.45, 2.75) is 77.2 Å². The molecule has 2 saturated carbocycles. The molecule has 2 aliphatic rings. The molecule has 1 aromatic heterocycles. The number of hydrogen-bond acceptors (Lipinski definition) is 3. The van der Waals surface area contributed by atoms with Crippen LogP contribution < -0.4 is 15.6 Å². The van der Waals surface area contributed by atoms with E-state index in [1.807, 2.05) is 6.07 Å². The van der Waals surface area contributed by atoms with Gasteiger partial charge in [-0.2, -0.15) is 0 Å². The van der Waals surface area contributed by atoms with Gasteiger partial charge >= 0.3 is 0 Å². The van der Waals surface area contributed by atoms with Crippen LogP contribution in [0.15, 0.2) is 23.0 Å². The maximum atomic E-state index is 12.8. The first kappa shape index (κ1) is 19.5. The summed E-state index contributed by atoms with van der Waals surface area (Å²) in [7, 11) is 0. The van der Waals surface area contributed by atoms with Crippen LogP contribution in [0.3, 0.4) is 0 Å². The zero-order valence-electron chi connectivity index (χ0n) is 17.2. The fourth-order valence-corrected chi connectivity index (χ4v) is 3.97. The van der Waals surface area contributed by atoms with E-state index in [0.717, 1.165) is 65.5 Å². The number of ether oxygens (including phenoxy) is 1. The summed E-state index contributed by atoms with van der Waals surface area (Å²) in [4.78, 5) is 15.9. The van der Waals surface area contributed by atoms with Crippen LogP contribution >= 0.6 is 0 Å². The summed E-state index contributed by atoms with van der Waals surface area (Å²) in [5.41, 5.74) is 2.88. The SMILES string of the molecule is Cc1ccc2c(OCCCNC3CC3)c(CCCCCC3CC3)c(=O)[nH]c2c1. The zero-order chi connectivity index (χ0) is 19.3. The summed E-state index contributed by atoms with van der Waals surface area (Å²) in [5, 5.41) is 4.56. The highest BCUT2D eigenvalue weighted by molar-refractivity contribution is 5.86. The summed E-state index contributed by atoms with van der Waals surface area (Å²) in [5.74, 6) is 1.81. The highest BCUT2D eigenvalue weighted by Crippen LogP contribution is 2.34. The summed E-state index contributed by atoms with van der Waals surface area (Å²) in [6.07, 6.45) is 12.2. The summed E-state index contributed by atoms with van der Waals surface area (Å²) >= 11 is 0. The number of aromatic amines is 1. The Hall–Kier alpha value is -1.81. The van der Waals surface area contributed by atoms with E-state index in [0.29, 0.717) is 6.61 Å². The Morgan fingerprint density at radius 2 is 1.96 bits per heavy atom. The number of pyridine rings is 1. The van der Waals surface area contributed by atoms with Gasteiger partial charge in [-0.05, 0) is 69.2 Å². The normalized spacial score (nSPS) is 16.6. The number of aromatic nitrogens is 1. The van der Waals surface area contributed by atoms with Crippen molar-refractivity contribution in [1.29, 1.82) is 0 Å². The molecule has 28 heavy (non-hydrogen) atoms. The monoisotopic (exact) mass is 382 g/mol. The Bertz CT molecular complexity index is 850. The van der Waals surface area contributed by atoms with Crippen molar-refractivity contribution < 1.29 is 4.74 Å². The maximum absolute atomic E-state index is 12.8. The minimum absolute atomic E-state index is 0.0198. The Balaban J connectivity index is 1.43. The molecule has 2 aromatic rings. The van der Waals surface area contributed by atoms with Gasteiger partial charge in [-0.15, -0.1) is 0 Å². The largest absolute Gasteiger partial charge is 0.492 e. The molecule has 4 nitrogen and oxygen atoms in total. The van der Waals surface area contributed by atoms with Crippen LogP contribution in [-0.4, -0.2) is 24.2 Å². The predicted octanol–water partition coefficient (Wildman–Crippen LogP) is 4.87.